The van der Waals surface area contributed by atoms with E-state index < -0.39 is 0 Å². The van der Waals surface area contributed by atoms with Gasteiger partial charge in [0.25, 0.3) is 0 Å². The van der Waals surface area contributed by atoms with Gasteiger partial charge in [-0.2, -0.15) is 14.9 Å². The van der Waals surface area contributed by atoms with Crippen LogP contribution in [0.4, 0.5) is 0 Å². The van der Waals surface area contributed by atoms with Gasteiger partial charge in [-0.3, -0.25) is 0 Å². The van der Waals surface area contributed by atoms with Crippen LogP contribution in [0.2, 0.25) is 0 Å². The molecule has 116 valence electrons. The highest BCUT2D eigenvalue weighted by atomic mass is 79.9. The quantitative estimate of drug-likeness (QED) is 0.536. The van der Waals surface area contributed by atoms with Gasteiger partial charge in [-0.25, -0.2) is 5.10 Å². The summed E-state index contributed by atoms with van der Waals surface area (Å²) in [6.45, 7) is 0. The first kappa shape index (κ1) is 15.6. The molecule has 0 aliphatic heterocycles. The summed E-state index contributed by atoms with van der Waals surface area (Å²) in [6.07, 6.45) is 1.73. The van der Waals surface area contributed by atoms with E-state index in [0.717, 1.165) is 21.3 Å². The number of methoxy groups -OCH3 is 1. The number of halogens is 1. The summed E-state index contributed by atoms with van der Waals surface area (Å²) in [7, 11) is 1.64. The maximum atomic E-state index is 5.27. The first-order valence-electron chi connectivity index (χ1n) is 6.80. The fraction of sp³-hybridized carbons (Fsp3) is 0.0625. The van der Waals surface area contributed by atoms with E-state index in [9.17, 15) is 0 Å². The molecule has 0 saturated carbocycles. The molecule has 2 aromatic carbocycles. The maximum Gasteiger partial charge on any atom is 0.216 e. The lowest BCUT2D eigenvalue weighted by atomic mass is 10.2. The van der Waals surface area contributed by atoms with E-state index in [0.29, 0.717) is 10.6 Å². The minimum atomic E-state index is 0.431. The molecular weight excluding hydrogens is 376 g/mol. The Hall–Kier alpha value is -2.25. The van der Waals surface area contributed by atoms with Gasteiger partial charge in [0.1, 0.15) is 5.75 Å². The van der Waals surface area contributed by atoms with Crippen LogP contribution in [0.3, 0.4) is 0 Å². The molecule has 3 rings (SSSR count). The lowest BCUT2D eigenvalue weighted by Gasteiger charge is -2.03. The van der Waals surface area contributed by atoms with Crippen molar-refractivity contribution in [3.8, 4) is 17.1 Å². The number of rotatable bonds is 4. The molecule has 0 bridgehead atoms. The van der Waals surface area contributed by atoms with Crippen molar-refractivity contribution in [2.24, 2.45) is 5.10 Å². The number of aromatic nitrogens is 3. The summed E-state index contributed by atoms with van der Waals surface area (Å²) in [6, 6.07) is 15.4. The molecule has 0 amide bonds. The van der Waals surface area contributed by atoms with E-state index in [1.165, 1.54) is 0 Å². The summed E-state index contributed by atoms with van der Waals surface area (Å²) in [5.41, 5.74) is 1.85. The number of hydrogen-bond donors (Lipinski definition) is 1. The van der Waals surface area contributed by atoms with Crippen LogP contribution in [0.5, 0.6) is 5.75 Å². The Kier molecular flexibility index (Phi) is 4.68. The molecule has 1 aromatic heterocycles. The van der Waals surface area contributed by atoms with E-state index in [1.807, 2.05) is 48.5 Å². The Bertz CT molecular complexity index is 899. The number of nitrogens with zero attached hydrogens (tertiary/aromatic N) is 3. The van der Waals surface area contributed by atoms with Crippen LogP contribution in [0.15, 0.2) is 58.1 Å². The fourth-order valence-electron chi connectivity index (χ4n) is 2.03. The van der Waals surface area contributed by atoms with Gasteiger partial charge in [0.2, 0.25) is 4.77 Å². The molecule has 1 N–H and O–H groups in total. The van der Waals surface area contributed by atoms with Gasteiger partial charge >= 0.3 is 0 Å². The van der Waals surface area contributed by atoms with E-state index in [-0.39, 0.29) is 0 Å². The van der Waals surface area contributed by atoms with Crippen molar-refractivity contribution in [2.45, 2.75) is 0 Å². The standard InChI is InChI=1S/C16H13BrN4OS/c1-22-12-8-6-11(7-9-12)10-18-21-15(19-20-16(21)23)13-4-2-3-5-14(13)17/h2-10H,1H3,(H,20,23)/b18-10+. The molecule has 7 heteroatoms. The SMILES string of the molecule is COc1ccc(/C=N/n2c(-c3ccccc3Br)n[nH]c2=S)cc1. The van der Waals surface area contributed by atoms with Gasteiger partial charge in [-0.1, -0.05) is 28.1 Å². The van der Waals surface area contributed by atoms with Crippen LogP contribution in [0.1, 0.15) is 5.56 Å². The second-order valence-electron chi connectivity index (χ2n) is 4.66. The molecule has 23 heavy (non-hydrogen) atoms. The zero-order valence-corrected chi connectivity index (χ0v) is 14.6. The van der Waals surface area contributed by atoms with Crippen molar-refractivity contribution >= 4 is 34.4 Å². The predicted octanol–water partition coefficient (Wildman–Crippen LogP) is 4.26. The molecular formula is C16H13BrN4OS. The van der Waals surface area contributed by atoms with Gasteiger partial charge in [-0.15, -0.1) is 0 Å². The third-order valence-electron chi connectivity index (χ3n) is 3.20. The van der Waals surface area contributed by atoms with Crippen molar-refractivity contribution in [1.82, 2.24) is 14.9 Å². The zero-order valence-electron chi connectivity index (χ0n) is 12.2. The summed E-state index contributed by atoms with van der Waals surface area (Å²) < 4.78 is 8.10. The van der Waals surface area contributed by atoms with Crippen molar-refractivity contribution in [3.05, 3.63) is 63.3 Å². The highest BCUT2D eigenvalue weighted by Crippen LogP contribution is 2.26. The van der Waals surface area contributed by atoms with Crippen LogP contribution >= 0.6 is 28.1 Å². The smallest absolute Gasteiger partial charge is 0.216 e. The van der Waals surface area contributed by atoms with Gasteiger partial charge in [0.05, 0.1) is 13.3 Å². The van der Waals surface area contributed by atoms with E-state index in [2.05, 4.69) is 31.2 Å². The number of nitrogens with one attached hydrogen (secondary N) is 1. The minimum absolute atomic E-state index is 0.431. The number of ether oxygens (including phenoxy) is 1. The van der Waals surface area contributed by atoms with Crippen molar-refractivity contribution in [3.63, 3.8) is 0 Å². The Morgan fingerprint density at radius 2 is 1.96 bits per heavy atom. The van der Waals surface area contributed by atoms with Gasteiger partial charge < -0.3 is 4.74 Å². The first-order chi connectivity index (χ1) is 11.2. The molecule has 0 fully saturated rings. The van der Waals surface area contributed by atoms with Crippen LogP contribution < -0.4 is 4.74 Å². The lowest BCUT2D eigenvalue weighted by molar-refractivity contribution is 0.415. The molecule has 1 heterocycles. The Morgan fingerprint density at radius 3 is 2.65 bits per heavy atom. The highest BCUT2D eigenvalue weighted by Gasteiger charge is 2.10. The topological polar surface area (TPSA) is 55.2 Å². The van der Waals surface area contributed by atoms with E-state index >= 15 is 0 Å². The molecule has 0 aliphatic carbocycles. The average Bonchev–Trinajstić information content (AvgIpc) is 2.94. The lowest BCUT2D eigenvalue weighted by Crippen LogP contribution is -1.95. The monoisotopic (exact) mass is 388 g/mol. The van der Waals surface area contributed by atoms with Crippen LogP contribution in [-0.4, -0.2) is 28.2 Å². The second-order valence-corrected chi connectivity index (χ2v) is 5.90. The summed E-state index contributed by atoms with van der Waals surface area (Å²) in [5, 5.41) is 11.5. The van der Waals surface area contributed by atoms with E-state index in [4.69, 9.17) is 17.0 Å². The molecule has 0 atom stereocenters. The number of H-pyrrole nitrogens is 1. The largest absolute Gasteiger partial charge is 0.497 e. The van der Waals surface area contributed by atoms with Gasteiger partial charge in [0.15, 0.2) is 5.82 Å². The highest BCUT2D eigenvalue weighted by molar-refractivity contribution is 9.10. The normalized spacial score (nSPS) is 11.0. The summed E-state index contributed by atoms with van der Waals surface area (Å²) >= 11 is 8.79. The minimum Gasteiger partial charge on any atom is -0.497 e. The van der Waals surface area contributed by atoms with E-state index in [1.54, 1.807) is 18.0 Å². The third-order valence-corrected chi connectivity index (χ3v) is 4.16. The zero-order chi connectivity index (χ0) is 16.2. The van der Waals surface area contributed by atoms with Crippen LogP contribution in [0.25, 0.3) is 11.4 Å². The van der Waals surface area contributed by atoms with Gasteiger partial charge in [0, 0.05) is 10.0 Å². The molecule has 5 nitrogen and oxygen atoms in total. The molecule has 0 saturated heterocycles. The number of hydrogen-bond acceptors (Lipinski definition) is 4. The number of benzene rings is 2. The summed E-state index contributed by atoms with van der Waals surface area (Å²) in [4.78, 5) is 0. The molecule has 0 spiro atoms. The Balaban J connectivity index is 1.97. The van der Waals surface area contributed by atoms with Crippen molar-refractivity contribution in [2.75, 3.05) is 7.11 Å². The Morgan fingerprint density at radius 1 is 1.22 bits per heavy atom. The Labute approximate surface area is 146 Å². The molecule has 0 aliphatic rings. The van der Waals surface area contributed by atoms with Crippen LogP contribution in [0, 0.1) is 4.77 Å². The number of aromatic amines is 1. The molecule has 0 radical (unpaired) electrons. The average molecular weight is 389 g/mol. The molecule has 3 aromatic rings. The van der Waals surface area contributed by atoms with Gasteiger partial charge in [-0.05, 0) is 54.2 Å². The second kappa shape index (κ2) is 6.89. The predicted molar refractivity (Wildman–Crippen MR) is 96.5 cm³/mol. The third kappa shape index (κ3) is 3.40. The van der Waals surface area contributed by atoms with Crippen LogP contribution in [-0.2, 0) is 0 Å². The van der Waals surface area contributed by atoms with Crippen molar-refractivity contribution < 1.29 is 4.74 Å². The molecule has 0 unspecified atom stereocenters. The maximum absolute atomic E-state index is 5.27. The summed E-state index contributed by atoms with van der Waals surface area (Å²) in [5.74, 6) is 1.45. The first-order valence-corrected chi connectivity index (χ1v) is 8.00. The van der Waals surface area contributed by atoms with Crippen molar-refractivity contribution in [1.29, 1.82) is 0 Å². The fourth-order valence-corrected chi connectivity index (χ4v) is 2.67.